The zero-order valence-electron chi connectivity index (χ0n) is 17.2. The third-order valence-corrected chi connectivity index (χ3v) is 7.14. The average Bonchev–Trinajstić information content (AvgIpc) is 2.71. The lowest BCUT2D eigenvalue weighted by Gasteiger charge is -2.34. The number of amides is 1. The summed E-state index contributed by atoms with van der Waals surface area (Å²) in [6, 6.07) is 13.0. The molecule has 1 heterocycles. The minimum atomic E-state index is -3.54. The number of hydrogen-bond acceptors (Lipinski definition) is 4. The summed E-state index contributed by atoms with van der Waals surface area (Å²) in [4.78, 5) is 16.6. The first-order valence-electron chi connectivity index (χ1n) is 9.94. The Labute approximate surface area is 173 Å². The van der Waals surface area contributed by atoms with Gasteiger partial charge in [-0.2, -0.15) is 4.31 Å². The topological polar surface area (TPSA) is 60.9 Å². The molecular weight excluding hydrogens is 386 g/mol. The molecule has 0 aliphatic carbocycles. The van der Waals surface area contributed by atoms with Gasteiger partial charge in [0, 0.05) is 39.3 Å². The Hall–Kier alpha value is -2.22. The normalized spacial score (nSPS) is 16.1. The van der Waals surface area contributed by atoms with Crippen molar-refractivity contribution in [1.82, 2.24) is 14.1 Å². The van der Waals surface area contributed by atoms with E-state index in [1.165, 1.54) is 4.31 Å². The summed E-state index contributed by atoms with van der Waals surface area (Å²) in [5.74, 6) is 0.0568. The number of sulfonamides is 1. The van der Waals surface area contributed by atoms with Crippen LogP contribution in [0.15, 0.2) is 59.5 Å². The number of piperazine rings is 1. The van der Waals surface area contributed by atoms with Crippen molar-refractivity contribution in [2.75, 3.05) is 45.8 Å². The molecule has 3 rings (SSSR count). The minimum Gasteiger partial charge on any atom is -0.338 e. The van der Waals surface area contributed by atoms with Crippen molar-refractivity contribution in [1.29, 1.82) is 0 Å². The van der Waals surface area contributed by atoms with Crippen LogP contribution in [0.1, 0.15) is 13.8 Å². The highest BCUT2D eigenvalue weighted by molar-refractivity contribution is 7.89. The van der Waals surface area contributed by atoms with Crippen molar-refractivity contribution in [3.05, 3.63) is 54.6 Å². The van der Waals surface area contributed by atoms with Crippen molar-refractivity contribution in [2.24, 2.45) is 0 Å². The molecule has 0 unspecified atom stereocenters. The van der Waals surface area contributed by atoms with Gasteiger partial charge in [0.2, 0.25) is 15.9 Å². The molecule has 1 amide bonds. The number of rotatable bonds is 7. The smallest absolute Gasteiger partial charge is 0.243 e. The molecule has 0 spiro atoms. The lowest BCUT2D eigenvalue weighted by Crippen LogP contribution is -2.51. The highest BCUT2D eigenvalue weighted by Crippen LogP contribution is 2.22. The lowest BCUT2D eigenvalue weighted by atomic mass is 10.1. The molecule has 0 bridgehead atoms. The van der Waals surface area contributed by atoms with Crippen molar-refractivity contribution < 1.29 is 13.2 Å². The van der Waals surface area contributed by atoms with Crippen LogP contribution in [0.5, 0.6) is 0 Å². The number of hydrogen-bond donors (Lipinski definition) is 0. The van der Waals surface area contributed by atoms with E-state index in [1.54, 1.807) is 17.0 Å². The fourth-order valence-electron chi connectivity index (χ4n) is 3.60. The maximum atomic E-state index is 13.1. The predicted octanol–water partition coefficient (Wildman–Crippen LogP) is 2.57. The standard InChI is InChI=1S/C22H29N3O3S/c1-4-24(16-18(2)3)22(26)17-23-11-13-25(14-12-23)29(27,28)21-10-9-19-7-5-6-8-20(19)15-21/h5-10,15H,2,4,11-14,16-17H2,1,3H3. The van der Waals surface area contributed by atoms with Gasteiger partial charge in [0.15, 0.2) is 0 Å². The van der Waals surface area contributed by atoms with E-state index in [0.29, 0.717) is 50.7 Å². The molecule has 2 aromatic carbocycles. The van der Waals surface area contributed by atoms with Crippen LogP contribution in [-0.2, 0) is 14.8 Å². The Bertz CT molecular complexity index is 995. The van der Waals surface area contributed by atoms with Gasteiger partial charge in [-0.05, 0) is 36.8 Å². The van der Waals surface area contributed by atoms with E-state index in [9.17, 15) is 13.2 Å². The molecule has 29 heavy (non-hydrogen) atoms. The first kappa shape index (κ1) is 21.5. The summed E-state index contributed by atoms with van der Waals surface area (Å²) >= 11 is 0. The number of likely N-dealkylation sites (N-methyl/N-ethyl adjacent to an activating group) is 1. The molecule has 0 atom stereocenters. The fourth-order valence-corrected chi connectivity index (χ4v) is 5.06. The van der Waals surface area contributed by atoms with E-state index < -0.39 is 10.0 Å². The largest absolute Gasteiger partial charge is 0.338 e. The van der Waals surface area contributed by atoms with Crippen molar-refractivity contribution in [3.63, 3.8) is 0 Å². The van der Waals surface area contributed by atoms with E-state index in [0.717, 1.165) is 16.3 Å². The van der Waals surface area contributed by atoms with E-state index >= 15 is 0 Å². The van der Waals surface area contributed by atoms with Gasteiger partial charge >= 0.3 is 0 Å². The number of benzene rings is 2. The van der Waals surface area contributed by atoms with E-state index in [2.05, 4.69) is 6.58 Å². The van der Waals surface area contributed by atoms with Crippen LogP contribution in [0.4, 0.5) is 0 Å². The molecule has 0 radical (unpaired) electrons. The predicted molar refractivity (Wildman–Crippen MR) is 116 cm³/mol. The molecule has 1 aliphatic rings. The number of fused-ring (bicyclic) bond motifs is 1. The van der Waals surface area contributed by atoms with E-state index in [4.69, 9.17) is 0 Å². The summed E-state index contributed by atoms with van der Waals surface area (Å²) in [6.45, 7) is 11.1. The molecule has 1 saturated heterocycles. The summed E-state index contributed by atoms with van der Waals surface area (Å²) in [7, 11) is -3.54. The molecule has 7 heteroatoms. The summed E-state index contributed by atoms with van der Waals surface area (Å²) < 4.78 is 27.6. The first-order chi connectivity index (χ1) is 13.8. The SMILES string of the molecule is C=C(C)CN(CC)C(=O)CN1CCN(S(=O)(=O)c2ccc3ccccc3c2)CC1. The van der Waals surface area contributed by atoms with Gasteiger partial charge in [-0.25, -0.2) is 8.42 Å². The number of carbonyl (C=O) groups is 1. The quantitative estimate of drug-likeness (QED) is 0.652. The Morgan fingerprint density at radius 3 is 2.34 bits per heavy atom. The van der Waals surface area contributed by atoms with Gasteiger partial charge in [0.1, 0.15) is 0 Å². The van der Waals surface area contributed by atoms with E-state index in [-0.39, 0.29) is 5.91 Å². The maximum absolute atomic E-state index is 13.1. The zero-order valence-corrected chi connectivity index (χ0v) is 18.0. The molecule has 1 fully saturated rings. The molecule has 0 N–H and O–H groups in total. The second kappa shape index (κ2) is 9.07. The van der Waals surface area contributed by atoms with Crippen LogP contribution < -0.4 is 0 Å². The molecule has 156 valence electrons. The fraction of sp³-hybridized carbons (Fsp3) is 0.409. The minimum absolute atomic E-state index is 0.0568. The molecule has 0 saturated carbocycles. The second-order valence-electron chi connectivity index (χ2n) is 7.55. The van der Waals surface area contributed by atoms with Crippen LogP contribution in [0.25, 0.3) is 10.8 Å². The number of carbonyl (C=O) groups excluding carboxylic acids is 1. The zero-order chi connectivity index (χ0) is 21.0. The van der Waals surface area contributed by atoms with Crippen LogP contribution in [0, 0.1) is 0 Å². The van der Waals surface area contributed by atoms with Gasteiger partial charge in [-0.15, -0.1) is 0 Å². The Kier molecular flexibility index (Phi) is 6.72. The van der Waals surface area contributed by atoms with Gasteiger partial charge in [0.25, 0.3) is 0 Å². The van der Waals surface area contributed by atoms with Crippen molar-refractivity contribution >= 4 is 26.7 Å². The average molecular weight is 416 g/mol. The lowest BCUT2D eigenvalue weighted by molar-refractivity contribution is -0.132. The van der Waals surface area contributed by atoms with Gasteiger partial charge in [-0.1, -0.05) is 42.5 Å². The third kappa shape index (κ3) is 5.04. The summed E-state index contributed by atoms with van der Waals surface area (Å²) in [6.07, 6.45) is 0. The van der Waals surface area contributed by atoms with Gasteiger partial charge in [0.05, 0.1) is 11.4 Å². The maximum Gasteiger partial charge on any atom is 0.243 e. The van der Waals surface area contributed by atoms with Crippen molar-refractivity contribution in [3.8, 4) is 0 Å². The molecule has 2 aromatic rings. The highest BCUT2D eigenvalue weighted by atomic mass is 32.2. The summed E-state index contributed by atoms with van der Waals surface area (Å²) in [5, 5.41) is 1.93. The summed E-state index contributed by atoms with van der Waals surface area (Å²) in [5.41, 5.74) is 0.950. The highest BCUT2D eigenvalue weighted by Gasteiger charge is 2.29. The molecule has 0 aromatic heterocycles. The second-order valence-corrected chi connectivity index (χ2v) is 9.49. The van der Waals surface area contributed by atoms with E-state index in [1.807, 2.05) is 49.1 Å². The number of nitrogens with zero attached hydrogens (tertiary/aromatic N) is 3. The Morgan fingerprint density at radius 2 is 1.72 bits per heavy atom. The third-order valence-electron chi connectivity index (χ3n) is 5.24. The molecule has 6 nitrogen and oxygen atoms in total. The molecule has 1 aliphatic heterocycles. The first-order valence-corrected chi connectivity index (χ1v) is 11.4. The Balaban J connectivity index is 1.63. The van der Waals surface area contributed by atoms with Gasteiger partial charge in [-0.3, -0.25) is 9.69 Å². The van der Waals surface area contributed by atoms with Gasteiger partial charge < -0.3 is 4.90 Å². The Morgan fingerprint density at radius 1 is 1.07 bits per heavy atom. The van der Waals surface area contributed by atoms with Crippen LogP contribution >= 0.6 is 0 Å². The van der Waals surface area contributed by atoms with Crippen molar-refractivity contribution in [2.45, 2.75) is 18.7 Å². The monoisotopic (exact) mass is 415 g/mol. The van der Waals surface area contributed by atoms with Crippen LogP contribution in [0.3, 0.4) is 0 Å². The van der Waals surface area contributed by atoms with Crippen LogP contribution in [0.2, 0.25) is 0 Å². The van der Waals surface area contributed by atoms with Crippen LogP contribution in [-0.4, -0.2) is 74.2 Å². The molecular formula is C22H29N3O3S.